The first-order valence-corrected chi connectivity index (χ1v) is 12.4. The van der Waals surface area contributed by atoms with Crippen molar-refractivity contribution in [3.8, 4) is 0 Å². The number of nitrogens with one attached hydrogen (secondary N) is 1. The van der Waals surface area contributed by atoms with E-state index in [4.69, 9.17) is 18.0 Å². The van der Waals surface area contributed by atoms with Gasteiger partial charge in [-0.15, -0.1) is 0 Å². The molecular formula is C25H31F4N7S. The van der Waals surface area contributed by atoms with Gasteiger partial charge in [0.2, 0.25) is 0 Å². The number of benzene rings is 2. The fraction of sp³-hybridized carbons (Fsp3) is 0.440. The molecule has 200 valence electrons. The van der Waals surface area contributed by atoms with Gasteiger partial charge in [-0.05, 0) is 57.0 Å². The average Bonchev–Trinajstić information content (AvgIpc) is 3.34. The molecule has 4 rings (SSSR count). The molecule has 2 aliphatic rings. The van der Waals surface area contributed by atoms with E-state index in [1.807, 2.05) is 25.1 Å². The molecule has 2 aromatic rings. The van der Waals surface area contributed by atoms with Gasteiger partial charge in [0, 0.05) is 62.2 Å². The van der Waals surface area contributed by atoms with E-state index in [1.165, 1.54) is 24.4 Å². The molecule has 12 heteroatoms. The van der Waals surface area contributed by atoms with Gasteiger partial charge in [-0.2, -0.15) is 18.3 Å². The summed E-state index contributed by atoms with van der Waals surface area (Å²) in [5, 5.41) is 4.03. The Labute approximate surface area is 219 Å². The van der Waals surface area contributed by atoms with Crippen LogP contribution < -0.4 is 25.9 Å². The van der Waals surface area contributed by atoms with Crippen LogP contribution in [0.4, 0.5) is 34.6 Å². The van der Waals surface area contributed by atoms with Crippen molar-refractivity contribution in [2.75, 3.05) is 68.1 Å². The molecule has 0 saturated carbocycles. The van der Waals surface area contributed by atoms with E-state index >= 15 is 4.39 Å². The van der Waals surface area contributed by atoms with Crippen molar-refractivity contribution >= 4 is 40.6 Å². The normalized spacial score (nSPS) is 18.8. The van der Waals surface area contributed by atoms with Gasteiger partial charge < -0.3 is 25.3 Å². The van der Waals surface area contributed by atoms with Crippen molar-refractivity contribution in [2.24, 2.45) is 10.8 Å². The predicted molar refractivity (Wildman–Crippen MR) is 144 cm³/mol. The van der Waals surface area contributed by atoms with Crippen molar-refractivity contribution in [2.45, 2.75) is 18.6 Å². The van der Waals surface area contributed by atoms with Gasteiger partial charge in [-0.1, -0.05) is 12.1 Å². The van der Waals surface area contributed by atoms with Crippen LogP contribution in [0, 0.1) is 5.82 Å². The lowest BCUT2D eigenvalue weighted by Crippen LogP contribution is -2.47. The SMILES string of the molecule is CN(C)C1CCN(c2cc(N3CCN(c4ccccc4C(F)(F)F)CC3)c(F)cc2C=NNC(N)=S)C1. The molecule has 2 heterocycles. The van der Waals surface area contributed by atoms with Crippen LogP contribution in [0.15, 0.2) is 41.5 Å². The zero-order valence-electron chi connectivity index (χ0n) is 20.8. The summed E-state index contributed by atoms with van der Waals surface area (Å²) in [6.07, 6.45) is -1.97. The molecule has 0 spiro atoms. The number of nitrogens with two attached hydrogens (primary N) is 1. The number of hydrogen-bond acceptors (Lipinski definition) is 6. The van der Waals surface area contributed by atoms with Crippen molar-refractivity contribution in [1.82, 2.24) is 10.3 Å². The van der Waals surface area contributed by atoms with E-state index in [2.05, 4.69) is 20.3 Å². The molecule has 37 heavy (non-hydrogen) atoms. The highest BCUT2D eigenvalue weighted by atomic mass is 32.1. The second-order valence-corrected chi connectivity index (χ2v) is 9.88. The highest BCUT2D eigenvalue weighted by Crippen LogP contribution is 2.37. The van der Waals surface area contributed by atoms with Crippen LogP contribution in [0.1, 0.15) is 17.5 Å². The zero-order valence-corrected chi connectivity index (χ0v) is 21.6. The van der Waals surface area contributed by atoms with Crippen LogP contribution in [-0.2, 0) is 6.18 Å². The van der Waals surface area contributed by atoms with Crippen LogP contribution in [0.2, 0.25) is 0 Å². The fourth-order valence-electron chi connectivity index (χ4n) is 4.91. The molecule has 2 fully saturated rings. The number of hydrogen-bond donors (Lipinski definition) is 2. The van der Waals surface area contributed by atoms with E-state index in [1.54, 1.807) is 11.0 Å². The number of thiocarbonyl (C=S) groups is 1. The predicted octanol–water partition coefficient (Wildman–Crippen LogP) is 3.48. The highest BCUT2D eigenvalue weighted by Gasteiger charge is 2.35. The van der Waals surface area contributed by atoms with Gasteiger partial charge in [0.15, 0.2) is 5.11 Å². The Morgan fingerprint density at radius 1 is 1.03 bits per heavy atom. The maximum atomic E-state index is 15.4. The maximum absolute atomic E-state index is 15.4. The van der Waals surface area contributed by atoms with Gasteiger partial charge in [0.05, 0.1) is 17.5 Å². The van der Waals surface area contributed by atoms with E-state index in [0.29, 0.717) is 43.5 Å². The Bertz CT molecular complexity index is 1150. The Hall–Kier alpha value is -3.12. The van der Waals surface area contributed by atoms with Crippen molar-refractivity contribution in [1.29, 1.82) is 0 Å². The summed E-state index contributed by atoms with van der Waals surface area (Å²) < 4.78 is 55.9. The molecule has 0 bridgehead atoms. The minimum atomic E-state index is -4.44. The molecule has 2 aromatic carbocycles. The Morgan fingerprint density at radius 3 is 2.27 bits per heavy atom. The summed E-state index contributed by atoms with van der Waals surface area (Å²) in [6, 6.07) is 9.19. The Balaban J connectivity index is 1.58. The van der Waals surface area contributed by atoms with Crippen molar-refractivity contribution in [3.63, 3.8) is 0 Å². The second-order valence-electron chi connectivity index (χ2n) is 9.44. The maximum Gasteiger partial charge on any atom is 0.418 e. The fourth-order valence-corrected chi connectivity index (χ4v) is 4.96. The van der Waals surface area contributed by atoms with Gasteiger partial charge in [-0.25, -0.2) is 4.39 Å². The van der Waals surface area contributed by atoms with Gasteiger partial charge in [0.25, 0.3) is 0 Å². The standard InChI is InChI=1S/C25H31F4N7S/c1-33(2)18-7-8-36(16-18)22-14-23(20(26)13-17(22)15-31-32-24(30)37)35-11-9-34(10-12-35)21-6-4-3-5-19(21)25(27,28)29/h3-6,13-15,18H,7-12,16H2,1-2H3,(H3,30,32,37). The third kappa shape index (κ3) is 6.24. The van der Waals surface area contributed by atoms with Crippen LogP contribution in [0.5, 0.6) is 0 Å². The summed E-state index contributed by atoms with van der Waals surface area (Å²) in [5.41, 5.74) is 9.29. The lowest BCUT2D eigenvalue weighted by atomic mass is 10.1. The van der Waals surface area contributed by atoms with Crippen LogP contribution >= 0.6 is 12.2 Å². The van der Waals surface area contributed by atoms with Crippen LogP contribution in [-0.4, -0.2) is 75.6 Å². The van der Waals surface area contributed by atoms with Crippen molar-refractivity contribution in [3.05, 3.63) is 53.3 Å². The molecule has 1 atom stereocenters. The average molecular weight is 538 g/mol. The minimum Gasteiger partial charge on any atom is -0.375 e. The Morgan fingerprint density at radius 2 is 1.68 bits per heavy atom. The number of para-hydroxylation sites is 1. The van der Waals surface area contributed by atoms with Crippen LogP contribution in [0.3, 0.4) is 0 Å². The monoisotopic (exact) mass is 537 g/mol. The molecule has 7 nitrogen and oxygen atoms in total. The van der Waals surface area contributed by atoms with E-state index in [9.17, 15) is 13.2 Å². The minimum absolute atomic E-state index is 0.00806. The molecule has 3 N–H and O–H groups in total. The largest absolute Gasteiger partial charge is 0.418 e. The summed E-state index contributed by atoms with van der Waals surface area (Å²) in [5.74, 6) is -0.423. The number of likely N-dealkylation sites (N-methyl/N-ethyl adjacent to an activating group) is 1. The van der Waals surface area contributed by atoms with Gasteiger partial charge in [-0.3, -0.25) is 5.43 Å². The highest BCUT2D eigenvalue weighted by molar-refractivity contribution is 7.80. The van der Waals surface area contributed by atoms with Crippen LogP contribution in [0.25, 0.3) is 0 Å². The molecule has 0 aromatic heterocycles. The smallest absolute Gasteiger partial charge is 0.375 e. The summed E-state index contributed by atoms with van der Waals surface area (Å²) >= 11 is 4.79. The van der Waals surface area contributed by atoms with Crippen molar-refractivity contribution < 1.29 is 17.6 Å². The first-order chi connectivity index (χ1) is 17.5. The third-order valence-electron chi connectivity index (χ3n) is 6.88. The van der Waals surface area contributed by atoms with E-state index in [-0.39, 0.29) is 10.8 Å². The van der Waals surface area contributed by atoms with E-state index in [0.717, 1.165) is 31.3 Å². The quantitative estimate of drug-likeness (QED) is 0.253. The van der Waals surface area contributed by atoms with Gasteiger partial charge >= 0.3 is 6.18 Å². The number of anilines is 3. The number of alkyl halides is 3. The van der Waals surface area contributed by atoms with E-state index < -0.39 is 17.6 Å². The summed E-state index contributed by atoms with van der Waals surface area (Å²) in [7, 11) is 4.07. The molecule has 2 saturated heterocycles. The number of nitrogens with zero attached hydrogens (tertiary/aromatic N) is 5. The molecule has 0 amide bonds. The molecule has 0 aliphatic carbocycles. The number of halogens is 4. The second kappa shape index (κ2) is 11.1. The zero-order chi connectivity index (χ0) is 26.7. The Kier molecular flexibility index (Phi) is 8.08. The summed E-state index contributed by atoms with van der Waals surface area (Å²) in [6.45, 7) is 3.05. The first kappa shape index (κ1) is 26.9. The number of piperazine rings is 1. The lowest BCUT2D eigenvalue weighted by Gasteiger charge is -2.38. The van der Waals surface area contributed by atoms with Gasteiger partial charge in [0.1, 0.15) is 5.82 Å². The molecule has 1 unspecified atom stereocenters. The summed E-state index contributed by atoms with van der Waals surface area (Å²) in [4.78, 5) is 7.97. The lowest BCUT2D eigenvalue weighted by molar-refractivity contribution is -0.137. The number of hydrazone groups is 1. The topological polar surface area (TPSA) is 63.4 Å². The number of rotatable bonds is 6. The molecular weight excluding hydrogens is 506 g/mol. The first-order valence-electron chi connectivity index (χ1n) is 12.0. The molecule has 0 radical (unpaired) electrons. The molecule has 2 aliphatic heterocycles. The third-order valence-corrected chi connectivity index (χ3v) is 6.97.